The van der Waals surface area contributed by atoms with E-state index in [2.05, 4.69) is 15.5 Å². The smallest absolute Gasteiger partial charge is 0.289 e. The van der Waals surface area contributed by atoms with Crippen LogP contribution in [0.5, 0.6) is 0 Å². The zero-order valence-electron chi connectivity index (χ0n) is 10.2. The second-order valence-corrected chi connectivity index (χ2v) is 5.15. The predicted octanol–water partition coefficient (Wildman–Crippen LogP) is -0.396. The van der Waals surface area contributed by atoms with Gasteiger partial charge in [0.05, 0.1) is 17.6 Å². The van der Waals surface area contributed by atoms with E-state index in [0.29, 0.717) is 17.1 Å². The van der Waals surface area contributed by atoms with Crippen molar-refractivity contribution in [3.8, 4) is 0 Å². The second-order valence-electron chi connectivity index (χ2n) is 3.98. The number of aromatic nitrogens is 4. The molecule has 102 valence electrons. The average molecular weight is 290 g/mol. The molecule has 0 aromatic carbocycles. The van der Waals surface area contributed by atoms with Crippen molar-refractivity contribution in [1.29, 1.82) is 0 Å². The van der Waals surface area contributed by atoms with Crippen LogP contribution in [0.2, 0.25) is 0 Å². The molecule has 3 heterocycles. The first kappa shape index (κ1) is 12.5. The fourth-order valence-corrected chi connectivity index (χ4v) is 2.68. The van der Waals surface area contributed by atoms with Crippen molar-refractivity contribution in [2.75, 3.05) is 0 Å². The number of hydrazine groups is 1. The summed E-state index contributed by atoms with van der Waals surface area (Å²) in [6.45, 7) is 0.295. The molecule has 0 aliphatic heterocycles. The minimum Gasteiger partial charge on any atom is -0.289 e. The van der Waals surface area contributed by atoms with Gasteiger partial charge < -0.3 is 0 Å². The van der Waals surface area contributed by atoms with Crippen molar-refractivity contribution in [2.24, 2.45) is 5.84 Å². The lowest BCUT2D eigenvalue weighted by Gasteiger charge is -1.95. The van der Waals surface area contributed by atoms with E-state index in [1.807, 2.05) is 0 Å². The van der Waals surface area contributed by atoms with E-state index in [0.717, 1.165) is 4.88 Å². The van der Waals surface area contributed by atoms with E-state index in [9.17, 15) is 9.59 Å². The third-order valence-electron chi connectivity index (χ3n) is 2.71. The number of nitrogens with zero attached hydrogens (tertiary/aromatic N) is 4. The first-order valence-corrected chi connectivity index (χ1v) is 6.49. The molecule has 3 aromatic heterocycles. The molecular weight excluding hydrogens is 280 g/mol. The van der Waals surface area contributed by atoms with E-state index >= 15 is 0 Å². The maximum Gasteiger partial charge on any atom is 0.350 e. The molecule has 0 radical (unpaired) electrons. The summed E-state index contributed by atoms with van der Waals surface area (Å²) >= 11 is 1.26. The van der Waals surface area contributed by atoms with Crippen LogP contribution in [0.15, 0.2) is 35.5 Å². The van der Waals surface area contributed by atoms with Gasteiger partial charge in [-0.05, 0) is 12.1 Å². The highest BCUT2D eigenvalue weighted by atomic mass is 32.1. The number of hydrogen-bond acceptors (Lipinski definition) is 6. The van der Waals surface area contributed by atoms with Gasteiger partial charge in [0, 0.05) is 17.3 Å². The molecule has 3 rings (SSSR count). The van der Waals surface area contributed by atoms with Gasteiger partial charge >= 0.3 is 5.69 Å². The third kappa shape index (κ3) is 2.08. The number of rotatable bonds is 3. The summed E-state index contributed by atoms with van der Waals surface area (Å²) < 4.78 is 2.74. The van der Waals surface area contributed by atoms with Crippen molar-refractivity contribution < 1.29 is 4.79 Å². The normalized spacial score (nSPS) is 10.8. The molecule has 0 aliphatic carbocycles. The minimum atomic E-state index is -0.354. The van der Waals surface area contributed by atoms with Gasteiger partial charge in [-0.1, -0.05) is 0 Å². The molecule has 20 heavy (non-hydrogen) atoms. The maximum absolute atomic E-state index is 12.1. The van der Waals surface area contributed by atoms with Crippen LogP contribution < -0.4 is 17.0 Å². The molecule has 0 unspecified atom stereocenters. The largest absolute Gasteiger partial charge is 0.350 e. The topological polar surface area (TPSA) is 107 Å². The Morgan fingerprint density at radius 1 is 1.45 bits per heavy atom. The highest BCUT2D eigenvalue weighted by Gasteiger charge is 2.11. The van der Waals surface area contributed by atoms with E-state index in [4.69, 9.17) is 5.84 Å². The van der Waals surface area contributed by atoms with Gasteiger partial charge in [0.2, 0.25) is 0 Å². The monoisotopic (exact) mass is 290 g/mol. The summed E-state index contributed by atoms with van der Waals surface area (Å²) in [5, 5.41) is 4.17. The van der Waals surface area contributed by atoms with Crippen molar-refractivity contribution in [2.45, 2.75) is 6.54 Å². The molecule has 1 amide bonds. The number of hydrogen-bond donors (Lipinski definition) is 2. The van der Waals surface area contributed by atoms with Gasteiger partial charge in [-0.2, -0.15) is 0 Å². The highest BCUT2D eigenvalue weighted by Crippen LogP contribution is 2.16. The van der Waals surface area contributed by atoms with Crippen LogP contribution in [-0.4, -0.2) is 25.1 Å². The number of nitrogens with one attached hydrogen (secondary N) is 1. The van der Waals surface area contributed by atoms with E-state index in [-0.39, 0.29) is 11.6 Å². The fraction of sp³-hybridized carbons (Fsp3) is 0.0909. The fourth-order valence-electron chi connectivity index (χ4n) is 1.79. The maximum atomic E-state index is 12.1. The van der Waals surface area contributed by atoms with Crippen LogP contribution in [0, 0.1) is 0 Å². The Bertz CT molecular complexity index is 833. The van der Waals surface area contributed by atoms with E-state index in [1.165, 1.54) is 32.8 Å². The SMILES string of the molecule is NNC(=O)c1ccc(Cn2nc3cnccn3c2=O)s1. The summed E-state index contributed by atoms with van der Waals surface area (Å²) in [5.41, 5.74) is 2.30. The van der Waals surface area contributed by atoms with Gasteiger partial charge in [0.15, 0.2) is 5.65 Å². The molecule has 0 fully saturated rings. The van der Waals surface area contributed by atoms with Crippen molar-refractivity contribution in [1.82, 2.24) is 24.6 Å². The van der Waals surface area contributed by atoms with Gasteiger partial charge in [0.1, 0.15) is 0 Å². The molecule has 0 bridgehead atoms. The summed E-state index contributed by atoms with van der Waals surface area (Å²) in [7, 11) is 0. The molecule has 0 saturated carbocycles. The average Bonchev–Trinajstić information content (AvgIpc) is 3.05. The van der Waals surface area contributed by atoms with E-state index in [1.54, 1.807) is 18.3 Å². The Morgan fingerprint density at radius 3 is 3.05 bits per heavy atom. The lowest BCUT2D eigenvalue weighted by molar-refractivity contribution is 0.0957. The van der Waals surface area contributed by atoms with Crippen molar-refractivity contribution in [3.63, 3.8) is 0 Å². The summed E-state index contributed by atoms with van der Waals surface area (Å²) in [5.74, 6) is 4.72. The Balaban J connectivity index is 1.93. The van der Waals surface area contributed by atoms with E-state index < -0.39 is 0 Å². The van der Waals surface area contributed by atoms with Crippen LogP contribution in [0.3, 0.4) is 0 Å². The van der Waals surface area contributed by atoms with Crippen molar-refractivity contribution in [3.05, 3.63) is 51.0 Å². The number of amides is 1. The number of nitrogens with two attached hydrogens (primary N) is 1. The Labute approximate surface area is 116 Å². The predicted molar refractivity (Wildman–Crippen MR) is 72.3 cm³/mol. The van der Waals surface area contributed by atoms with Gasteiger partial charge in [0.25, 0.3) is 5.91 Å². The van der Waals surface area contributed by atoms with Crippen LogP contribution in [0.1, 0.15) is 14.5 Å². The standard InChI is InChI=1S/C11H10N6O2S/c12-14-10(18)8-2-1-7(20-8)6-17-11(19)16-4-3-13-5-9(16)15-17/h1-5H,6,12H2,(H,14,18). The second kappa shape index (κ2) is 4.87. The summed E-state index contributed by atoms with van der Waals surface area (Å²) in [4.78, 5) is 28.7. The molecule has 8 nitrogen and oxygen atoms in total. The number of nitrogen functional groups attached to an aromatic ring is 1. The first-order valence-electron chi connectivity index (χ1n) is 5.68. The lowest BCUT2D eigenvalue weighted by Crippen LogP contribution is -2.29. The summed E-state index contributed by atoms with van der Waals surface area (Å²) in [6.07, 6.45) is 4.59. The molecule has 9 heteroatoms. The highest BCUT2D eigenvalue weighted by molar-refractivity contribution is 7.14. The molecular formula is C11H10N6O2S. The van der Waals surface area contributed by atoms with Crippen LogP contribution >= 0.6 is 11.3 Å². The molecule has 3 N–H and O–H groups in total. The molecule has 0 spiro atoms. The van der Waals surface area contributed by atoms with Crippen molar-refractivity contribution >= 4 is 22.9 Å². The number of carbonyl (C=O) groups is 1. The first-order chi connectivity index (χ1) is 9.69. The van der Waals surface area contributed by atoms with Gasteiger partial charge in [-0.25, -0.2) is 19.7 Å². The number of fused-ring (bicyclic) bond motifs is 1. The molecule has 3 aromatic rings. The zero-order chi connectivity index (χ0) is 14.1. The van der Waals surface area contributed by atoms with Gasteiger partial charge in [-0.3, -0.25) is 15.2 Å². The molecule has 0 saturated heterocycles. The van der Waals surface area contributed by atoms with Crippen LogP contribution in [0.4, 0.5) is 0 Å². The Kier molecular flexibility index (Phi) is 3.05. The van der Waals surface area contributed by atoms with Gasteiger partial charge in [-0.15, -0.1) is 16.4 Å². The molecule has 0 aliphatic rings. The minimum absolute atomic E-state index is 0.249. The molecule has 0 atom stereocenters. The lowest BCUT2D eigenvalue weighted by atomic mass is 10.4. The third-order valence-corrected chi connectivity index (χ3v) is 3.78. The Hall–Kier alpha value is -2.52. The number of thiophene rings is 1. The summed E-state index contributed by atoms with van der Waals surface area (Å²) in [6, 6.07) is 3.43. The zero-order valence-corrected chi connectivity index (χ0v) is 11.0. The van der Waals surface area contributed by atoms with Crippen LogP contribution in [0.25, 0.3) is 5.65 Å². The Morgan fingerprint density at radius 2 is 2.30 bits per heavy atom. The quantitative estimate of drug-likeness (QED) is 0.388. The number of carbonyl (C=O) groups excluding carboxylic acids is 1. The van der Waals surface area contributed by atoms with Crippen LogP contribution in [-0.2, 0) is 6.54 Å².